The molecule has 0 aliphatic carbocycles. The van der Waals surface area contributed by atoms with Gasteiger partial charge in [0.05, 0.1) is 6.61 Å². The lowest BCUT2D eigenvalue weighted by atomic mass is 10.0. The van der Waals surface area contributed by atoms with Gasteiger partial charge in [-0.15, -0.1) is 0 Å². The number of hydrogen-bond donors (Lipinski definition) is 2. The topological polar surface area (TPSA) is 80.6 Å². The Bertz CT molecular complexity index is 703. The third-order valence-electron chi connectivity index (χ3n) is 3.24. The highest BCUT2D eigenvalue weighted by molar-refractivity contribution is 6.00. The summed E-state index contributed by atoms with van der Waals surface area (Å²) >= 11 is 0. The molecule has 0 saturated carbocycles. The van der Waals surface area contributed by atoms with E-state index in [1.807, 2.05) is 32.9 Å². The van der Waals surface area contributed by atoms with Gasteiger partial charge in [-0.2, -0.15) is 0 Å². The van der Waals surface area contributed by atoms with Crippen LogP contribution in [0.4, 0.5) is 4.79 Å². The van der Waals surface area contributed by atoms with Crippen molar-refractivity contribution in [3.05, 3.63) is 34.6 Å². The highest BCUT2D eigenvalue weighted by Gasteiger charge is 2.20. The highest BCUT2D eigenvalue weighted by Crippen LogP contribution is 2.30. The summed E-state index contributed by atoms with van der Waals surface area (Å²) in [5, 5.41) is 0.927. The summed E-state index contributed by atoms with van der Waals surface area (Å²) in [4.78, 5) is 23.3. The molecule has 0 aliphatic rings. The minimum Gasteiger partial charge on any atom is -0.450 e. The number of amides is 2. The number of fused-ring (bicyclic) bond motifs is 1. The average Bonchev–Trinajstić information content (AvgIpc) is 2.80. The van der Waals surface area contributed by atoms with Crippen molar-refractivity contribution < 1.29 is 18.7 Å². The second-order valence-electron chi connectivity index (χ2n) is 4.76. The van der Waals surface area contributed by atoms with Gasteiger partial charge in [0.1, 0.15) is 5.58 Å². The van der Waals surface area contributed by atoms with Crippen LogP contribution in [0.2, 0.25) is 0 Å². The van der Waals surface area contributed by atoms with Gasteiger partial charge in [0.15, 0.2) is 5.76 Å². The Kier molecular flexibility index (Phi) is 4.16. The number of carbonyl (C=O) groups excluding carboxylic acids is 2. The molecule has 0 saturated heterocycles. The zero-order chi connectivity index (χ0) is 15.6. The van der Waals surface area contributed by atoms with Gasteiger partial charge in [-0.3, -0.25) is 10.2 Å². The highest BCUT2D eigenvalue weighted by atomic mass is 16.6. The van der Waals surface area contributed by atoms with Crippen LogP contribution in [0.25, 0.3) is 11.0 Å². The normalized spacial score (nSPS) is 10.5. The minimum absolute atomic E-state index is 0.180. The van der Waals surface area contributed by atoms with Crippen molar-refractivity contribution in [1.82, 2.24) is 10.9 Å². The molecular weight excluding hydrogens is 272 g/mol. The van der Waals surface area contributed by atoms with Crippen LogP contribution in [-0.4, -0.2) is 18.6 Å². The molecule has 112 valence electrons. The van der Waals surface area contributed by atoms with Gasteiger partial charge in [-0.1, -0.05) is 12.1 Å². The van der Waals surface area contributed by atoms with Crippen LogP contribution in [0.15, 0.2) is 16.5 Å². The van der Waals surface area contributed by atoms with Crippen LogP contribution in [0.1, 0.15) is 34.2 Å². The zero-order valence-corrected chi connectivity index (χ0v) is 12.5. The molecule has 0 radical (unpaired) electrons. The van der Waals surface area contributed by atoms with Crippen LogP contribution in [0.3, 0.4) is 0 Å². The summed E-state index contributed by atoms with van der Waals surface area (Å²) in [7, 11) is 0. The maximum Gasteiger partial charge on any atom is 0.426 e. The first kappa shape index (κ1) is 14.9. The summed E-state index contributed by atoms with van der Waals surface area (Å²) in [6.45, 7) is 7.60. The molecule has 21 heavy (non-hydrogen) atoms. The van der Waals surface area contributed by atoms with Crippen molar-refractivity contribution >= 4 is 23.0 Å². The van der Waals surface area contributed by atoms with E-state index >= 15 is 0 Å². The molecule has 2 amide bonds. The first-order valence-electron chi connectivity index (χ1n) is 6.68. The second kappa shape index (κ2) is 5.87. The van der Waals surface area contributed by atoms with Crippen molar-refractivity contribution in [3.8, 4) is 0 Å². The molecule has 1 heterocycles. The van der Waals surface area contributed by atoms with E-state index in [0.717, 1.165) is 22.1 Å². The number of hydrazine groups is 1. The third-order valence-corrected chi connectivity index (χ3v) is 3.24. The van der Waals surface area contributed by atoms with E-state index in [4.69, 9.17) is 4.42 Å². The average molecular weight is 290 g/mol. The van der Waals surface area contributed by atoms with Gasteiger partial charge >= 0.3 is 12.0 Å². The van der Waals surface area contributed by atoms with Crippen molar-refractivity contribution in [2.75, 3.05) is 6.61 Å². The van der Waals surface area contributed by atoms with Gasteiger partial charge in [0.25, 0.3) is 0 Å². The van der Waals surface area contributed by atoms with E-state index in [0.29, 0.717) is 5.58 Å². The van der Waals surface area contributed by atoms with E-state index in [-0.39, 0.29) is 12.4 Å². The van der Waals surface area contributed by atoms with Crippen LogP contribution < -0.4 is 10.9 Å². The molecule has 0 spiro atoms. The number of rotatable bonds is 2. The molecule has 2 rings (SSSR count). The molecule has 0 unspecified atom stereocenters. The summed E-state index contributed by atoms with van der Waals surface area (Å²) in [5.41, 5.74) is 7.85. The Morgan fingerprint density at radius 2 is 1.81 bits per heavy atom. The van der Waals surface area contributed by atoms with Gasteiger partial charge in [-0.25, -0.2) is 10.2 Å². The van der Waals surface area contributed by atoms with Gasteiger partial charge in [-0.05, 0) is 38.8 Å². The zero-order valence-electron chi connectivity index (χ0n) is 12.5. The molecule has 1 aromatic heterocycles. The smallest absolute Gasteiger partial charge is 0.426 e. The number of nitrogens with one attached hydrogen (secondary N) is 2. The lowest BCUT2D eigenvalue weighted by Gasteiger charge is -2.05. The first-order valence-corrected chi connectivity index (χ1v) is 6.68. The van der Waals surface area contributed by atoms with Crippen LogP contribution in [0.5, 0.6) is 0 Å². The Morgan fingerprint density at radius 3 is 2.43 bits per heavy atom. The fourth-order valence-electron chi connectivity index (χ4n) is 2.22. The number of ether oxygens (including phenoxy) is 1. The van der Waals surface area contributed by atoms with Crippen molar-refractivity contribution in [3.63, 3.8) is 0 Å². The van der Waals surface area contributed by atoms with E-state index in [2.05, 4.69) is 15.6 Å². The number of benzene rings is 1. The first-order chi connectivity index (χ1) is 9.95. The molecule has 6 nitrogen and oxygen atoms in total. The molecule has 0 fully saturated rings. The molecule has 0 atom stereocenters. The number of furan rings is 1. The number of aryl methyl sites for hydroxylation is 3. The Labute approximate surface area is 122 Å². The molecular formula is C15H18N2O4. The van der Waals surface area contributed by atoms with Crippen molar-refractivity contribution in [2.45, 2.75) is 27.7 Å². The van der Waals surface area contributed by atoms with E-state index in [1.54, 1.807) is 6.92 Å². The Balaban J connectivity index is 2.28. The monoisotopic (exact) mass is 290 g/mol. The molecule has 0 bridgehead atoms. The second-order valence-corrected chi connectivity index (χ2v) is 4.76. The fraction of sp³-hybridized carbons (Fsp3) is 0.333. The Hall–Kier alpha value is -2.50. The lowest BCUT2D eigenvalue weighted by Crippen LogP contribution is -2.42. The fourth-order valence-corrected chi connectivity index (χ4v) is 2.22. The minimum atomic E-state index is -0.716. The number of carbonyl (C=O) groups is 2. The van der Waals surface area contributed by atoms with E-state index < -0.39 is 12.0 Å². The summed E-state index contributed by atoms with van der Waals surface area (Å²) in [6, 6.07) is 3.93. The van der Waals surface area contributed by atoms with Crippen LogP contribution >= 0.6 is 0 Å². The van der Waals surface area contributed by atoms with Crippen molar-refractivity contribution in [2.24, 2.45) is 0 Å². The SMILES string of the molecule is CCOC(=O)NNC(=O)c1oc2c(C)ccc(C)c2c1C. The Morgan fingerprint density at radius 1 is 1.14 bits per heavy atom. The lowest BCUT2D eigenvalue weighted by molar-refractivity contribution is 0.0887. The number of hydrogen-bond acceptors (Lipinski definition) is 4. The van der Waals surface area contributed by atoms with E-state index in [1.165, 1.54) is 0 Å². The summed E-state index contributed by atoms with van der Waals surface area (Å²) in [5.74, 6) is -0.338. The molecule has 2 N–H and O–H groups in total. The summed E-state index contributed by atoms with van der Waals surface area (Å²) < 4.78 is 10.3. The standard InChI is InChI=1S/C15H18N2O4/c1-5-20-15(19)17-16-14(18)13-10(4)11-8(2)6-7-9(3)12(11)21-13/h6-7H,5H2,1-4H3,(H,16,18)(H,17,19). The van der Waals surface area contributed by atoms with Gasteiger partial charge in [0.2, 0.25) is 0 Å². The molecule has 2 aromatic rings. The third kappa shape index (κ3) is 2.84. The van der Waals surface area contributed by atoms with Crippen LogP contribution in [-0.2, 0) is 4.74 Å². The molecule has 1 aromatic carbocycles. The van der Waals surface area contributed by atoms with E-state index in [9.17, 15) is 9.59 Å². The van der Waals surface area contributed by atoms with Crippen LogP contribution in [0, 0.1) is 20.8 Å². The predicted octanol–water partition coefficient (Wildman–Crippen LogP) is 2.75. The molecule has 0 aliphatic heterocycles. The largest absolute Gasteiger partial charge is 0.450 e. The molecule has 6 heteroatoms. The quantitative estimate of drug-likeness (QED) is 0.833. The maximum absolute atomic E-state index is 12.1. The van der Waals surface area contributed by atoms with Gasteiger partial charge < -0.3 is 9.15 Å². The maximum atomic E-state index is 12.1. The van der Waals surface area contributed by atoms with Crippen molar-refractivity contribution in [1.29, 1.82) is 0 Å². The van der Waals surface area contributed by atoms with Gasteiger partial charge in [0, 0.05) is 10.9 Å². The summed E-state index contributed by atoms with van der Waals surface area (Å²) in [6.07, 6.45) is -0.716. The predicted molar refractivity (Wildman–Crippen MR) is 78.0 cm³/mol.